The van der Waals surface area contributed by atoms with Gasteiger partial charge in [0.2, 0.25) is 0 Å². The number of halogens is 3. The number of para-hydroxylation sites is 1. The fourth-order valence-electron chi connectivity index (χ4n) is 1.46. The van der Waals surface area contributed by atoms with Crippen LogP contribution in [0.1, 0.15) is 11.3 Å². The Morgan fingerprint density at radius 3 is 2.37 bits per heavy atom. The molecular formula is C12H11F3N4. The van der Waals surface area contributed by atoms with Crippen molar-refractivity contribution in [1.82, 2.24) is 10.2 Å². The van der Waals surface area contributed by atoms with Gasteiger partial charge < -0.3 is 11.1 Å². The lowest BCUT2D eigenvalue weighted by Crippen LogP contribution is -2.10. The summed E-state index contributed by atoms with van der Waals surface area (Å²) in [5.41, 5.74) is 6.17. The molecule has 2 aromatic rings. The van der Waals surface area contributed by atoms with E-state index in [1.54, 1.807) is 12.1 Å². The van der Waals surface area contributed by atoms with Gasteiger partial charge in [-0.05, 0) is 23.8 Å². The molecule has 1 heterocycles. The molecule has 0 aliphatic heterocycles. The number of hydrogen-bond acceptors (Lipinski definition) is 4. The van der Waals surface area contributed by atoms with Crippen molar-refractivity contribution in [2.75, 3.05) is 11.1 Å². The van der Waals surface area contributed by atoms with Crippen LogP contribution in [-0.2, 0) is 12.7 Å². The Balaban J connectivity index is 2.03. The van der Waals surface area contributed by atoms with E-state index in [2.05, 4.69) is 15.5 Å². The fraction of sp³-hybridized carbons (Fsp3) is 0.167. The summed E-state index contributed by atoms with van der Waals surface area (Å²) in [4.78, 5) is 0. The van der Waals surface area contributed by atoms with Gasteiger partial charge in [0.15, 0.2) is 5.69 Å². The number of nitrogen functional groups attached to an aromatic ring is 1. The van der Waals surface area contributed by atoms with Crippen LogP contribution >= 0.6 is 0 Å². The molecule has 3 N–H and O–H groups in total. The number of hydrogen-bond donors (Lipinski definition) is 2. The Kier molecular flexibility index (Phi) is 3.55. The van der Waals surface area contributed by atoms with Gasteiger partial charge in [-0.25, -0.2) is 0 Å². The molecule has 7 heteroatoms. The summed E-state index contributed by atoms with van der Waals surface area (Å²) in [5, 5.41) is 9.44. The highest BCUT2D eigenvalue weighted by Crippen LogP contribution is 2.27. The van der Waals surface area contributed by atoms with E-state index in [1.165, 1.54) is 6.07 Å². The molecular weight excluding hydrogens is 257 g/mol. The van der Waals surface area contributed by atoms with Crippen LogP contribution < -0.4 is 11.1 Å². The first-order chi connectivity index (χ1) is 8.97. The molecule has 0 saturated heterocycles. The lowest BCUT2D eigenvalue weighted by Gasteiger charge is -2.08. The molecule has 0 aliphatic carbocycles. The van der Waals surface area contributed by atoms with Crippen molar-refractivity contribution in [3.8, 4) is 0 Å². The van der Waals surface area contributed by atoms with Gasteiger partial charge in [-0.15, -0.1) is 10.2 Å². The van der Waals surface area contributed by atoms with Crippen LogP contribution in [0.5, 0.6) is 0 Å². The zero-order chi connectivity index (χ0) is 13.9. The predicted molar refractivity (Wildman–Crippen MR) is 65.2 cm³/mol. The second-order valence-corrected chi connectivity index (χ2v) is 3.85. The Morgan fingerprint density at radius 2 is 1.79 bits per heavy atom. The minimum atomic E-state index is -4.48. The Morgan fingerprint density at radius 1 is 1.05 bits per heavy atom. The first kappa shape index (κ1) is 13.1. The van der Waals surface area contributed by atoms with Gasteiger partial charge in [0, 0.05) is 12.2 Å². The van der Waals surface area contributed by atoms with Crippen molar-refractivity contribution in [3.05, 3.63) is 47.7 Å². The standard InChI is InChI=1S/C12H11F3N4/c13-12(14,15)10-5-6-11(19-18-10)17-7-8-3-1-2-4-9(8)16/h1-6H,7,16H2,(H,17,19). The van der Waals surface area contributed by atoms with Crippen LogP contribution in [0.2, 0.25) is 0 Å². The van der Waals surface area contributed by atoms with Gasteiger partial charge >= 0.3 is 6.18 Å². The molecule has 0 fully saturated rings. The number of nitrogens with two attached hydrogens (primary N) is 1. The normalized spacial score (nSPS) is 11.3. The summed E-state index contributed by atoms with van der Waals surface area (Å²) in [6.45, 7) is 0.368. The van der Waals surface area contributed by atoms with E-state index >= 15 is 0 Å². The van der Waals surface area contributed by atoms with Gasteiger partial charge in [0.1, 0.15) is 5.82 Å². The third kappa shape index (κ3) is 3.34. The van der Waals surface area contributed by atoms with E-state index in [9.17, 15) is 13.2 Å². The number of rotatable bonds is 3. The zero-order valence-electron chi connectivity index (χ0n) is 9.78. The molecule has 0 amide bonds. The highest BCUT2D eigenvalue weighted by molar-refractivity contribution is 5.48. The molecule has 100 valence electrons. The van der Waals surface area contributed by atoms with Crippen molar-refractivity contribution in [3.63, 3.8) is 0 Å². The zero-order valence-corrected chi connectivity index (χ0v) is 9.78. The minimum absolute atomic E-state index is 0.260. The molecule has 1 aromatic heterocycles. The largest absolute Gasteiger partial charge is 0.435 e. The van der Waals surface area contributed by atoms with Crippen LogP contribution in [0.25, 0.3) is 0 Å². The topological polar surface area (TPSA) is 63.8 Å². The molecule has 2 rings (SSSR count). The van der Waals surface area contributed by atoms with Gasteiger partial charge in [-0.2, -0.15) is 13.2 Å². The van der Waals surface area contributed by atoms with Gasteiger partial charge in [0.05, 0.1) is 0 Å². The molecule has 4 nitrogen and oxygen atoms in total. The Hall–Kier alpha value is -2.31. The number of nitrogens with one attached hydrogen (secondary N) is 1. The molecule has 0 spiro atoms. The lowest BCUT2D eigenvalue weighted by atomic mass is 10.2. The maximum Gasteiger partial charge on any atom is 0.435 e. The third-order valence-electron chi connectivity index (χ3n) is 2.47. The average molecular weight is 268 g/mol. The summed E-state index contributed by atoms with van der Waals surface area (Å²) in [5.74, 6) is 0.260. The van der Waals surface area contributed by atoms with Crippen molar-refractivity contribution in [2.24, 2.45) is 0 Å². The smallest absolute Gasteiger partial charge is 0.398 e. The maximum absolute atomic E-state index is 12.3. The number of alkyl halides is 3. The Bertz CT molecular complexity index is 552. The second kappa shape index (κ2) is 5.13. The quantitative estimate of drug-likeness (QED) is 0.840. The lowest BCUT2D eigenvalue weighted by molar-refractivity contribution is -0.141. The first-order valence-corrected chi connectivity index (χ1v) is 5.45. The van der Waals surface area contributed by atoms with Gasteiger partial charge in [0.25, 0.3) is 0 Å². The number of nitrogens with zero attached hydrogens (tertiary/aromatic N) is 2. The minimum Gasteiger partial charge on any atom is -0.398 e. The molecule has 0 unspecified atom stereocenters. The first-order valence-electron chi connectivity index (χ1n) is 5.45. The molecule has 0 aliphatic rings. The van der Waals surface area contributed by atoms with Crippen molar-refractivity contribution >= 4 is 11.5 Å². The van der Waals surface area contributed by atoms with E-state index < -0.39 is 11.9 Å². The van der Waals surface area contributed by atoms with E-state index in [-0.39, 0.29) is 5.82 Å². The van der Waals surface area contributed by atoms with Gasteiger partial charge in [-0.1, -0.05) is 18.2 Å². The SMILES string of the molecule is Nc1ccccc1CNc1ccc(C(F)(F)F)nn1. The number of anilines is 2. The monoisotopic (exact) mass is 268 g/mol. The molecule has 0 bridgehead atoms. The number of benzene rings is 1. The summed E-state index contributed by atoms with van der Waals surface area (Å²) in [6, 6.07) is 9.30. The van der Waals surface area contributed by atoms with Crippen LogP contribution in [0, 0.1) is 0 Å². The second-order valence-electron chi connectivity index (χ2n) is 3.85. The number of aromatic nitrogens is 2. The average Bonchev–Trinajstić information content (AvgIpc) is 2.37. The molecule has 0 atom stereocenters. The molecule has 0 saturated carbocycles. The maximum atomic E-state index is 12.3. The van der Waals surface area contributed by atoms with Crippen molar-refractivity contribution < 1.29 is 13.2 Å². The van der Waals surface area contributed by atoms with Crippen LogP contribution in [0.4, 0.5) is 24.7 Å². The van der Waals surface area contributed by atoms with E-state index in [0.29, 0.717) is 12.2 Å². The third-order valence-corrected chi connectivity index (χ3v) is 2.47. The molecule has 1 aromatic carbocycles. The summed E-state index contributed by atoms with van der Waals surface area (Å²) in [6.07, 6.45) is -4.48. The molecule has 19 heavy (non-hydrogen) atoms. The fourth-order valence-corrected chi connectivity index (χ4v) is 1.46. The summed E-state index contributed by atoms with van der Waals surface area (Å²) in [7, 11) is 0. The van der Waals surface area contributed by atoms with Crippen molar-refractivity contribution in [2.45, 2.75) is 12.7 Å². The predicted octanol–water partition coefficient (Wildman–Crippen LogP) is 2.69. The summed E-state index contributed by atoms with van der Waals surface area (Å²) >= 11 is 0. The van der Waals surface area contributed by atoms with Crippen LogP contribution in [0.15, 0.2) is 36.4 Å². The van der Waals surface area contributed by atoms with Gasteiger partial charge in [-0.3, -0.25) is 0 Å². The Labute approximate surface area is 107 Å². The van der Waals surface area contributed by atoms with Crippen LogP contribution in [-0.4, -0.2) is 10.2 Å². The van der Waals surface area contributed by atoms with Crippen LogP contribution in [0.3, 0.4) is 0 Å². The van der Waals surface area contributed by atoms with E-state index in [0.717, 1.165) is 11.6 Å². The molecule has 0 radical (unpaired) electrons. The summed E-state index contributed by atoms with van der Waals surface area (Å²) < 4.78 is 36.9. The van der Waals surface area contributed by atoms with E-state index in [4.69, 9.17) is 5.73 Å². The highest BCUT2D eigenvalue weighted by Gasteiger charge is 2.32. The van der Waals surface area contributed by atoms with E-state index in [1.807, 2.05) is 12.1 Å². The highest BCUT2D eigenvalue weighted by atomic mass is 19.4. The van der Waals surface area contributed by atoms with Crippen molar-refractivity contribution in [1.29, 1.82) is 0 Å².